The number of nitro benzene ring substituents is 1. The van der Waals surface area contributed by atoms with Crippen LogP contribution in [0.3, 0.4) is 0 Å². The summed E-state index contributed by atoms with van der Waals surface area (Å²) < 4.78 is 0. The first-order valence-corrected chi connectivity index (χ1v) is 3.64. The lowest BCUT2D eigenvalue weighted by atomic mass is 10.1. The first kappa shape index (κ1) is 9.47. The van der Waals surface area contributed by atoms with Crippen LogP contribution in [0.5, 0.6) is 0 Å². The van der Waals surface area contributed by atoms with E-state index in [9.17, 15) is 14.9 Å². The average molecular weight is 201 g/mol. The van der Waals surface area contributed by atoms with Gasteiger partial charge in [-0.1, -0.05) is 6.07 Å². The van der Waals surface area contributed by atoms with Gasteiger partial charge in [0.15, 0.2) is 0 Å². The molecular weight excluding hydrogens is 196 g/mol. The van der Waals surface area contributed by atoms with Crippen molar-refractivity contribution in [1.82, 2.24) is 0 Å². The van der Waals surface area contributed by atoms with Crippen LogP contribution < -0.4 is 5.73 Å². The number of nitrogens with two attached hydrogens (primary N) is 1. The molecule has 0 saturated carbocycles. The molecule has 1 aromatic rings. The van der Waals surface area contributed by atoms with E-state index < -0.39 is 10.2 Å². The van der Waals surface area contributed by atoms with Gasteiger partial charge < -0.3 is 5.73 Å². The van der Waals surface area contributed by atoms with Crippen LogP contribution in [0.2, 0.25) is 0 Å². The summed E-state index contributed by atoms with van der Waals surface area (Å²) in [5.74, 6) is 0. The number of hydrogen-bond donors (Lipinski definition) is 1. The highest BCUT2D eigenvalue weighted by Crippen LogP contribution is 2.25. The van der Waals surface area contributed by atoms with Crippen LogP contribution in [-0.2, 0) is 0 Å². The Labute approximate surface area is 78.3 Å². The smallest absolute Gasteiger partial charge is 0.283 e. The van der Waals surface area contributed by atoms with Crippen LogP contribution in [0.4, 0.5) is 11.4 Å². The van der Waals surface area contributed by atoms with E-state index in [4.69, 9.17) is 17.3 Å². The Morgan fingerprint density at radius 3 is 2.54 bits per heavy atom. The Hall–Kier alpha value is -1.62. The largest absolute Gasteiger partial charge is 0.398 e. The number of carbonyl (C=O) groups excluding carboxylic acids is 1. The van der Waals surface area contributed by atoms with E-state index in [-0.39, 0.29) is 16.9 Å². The van der Waals surface area contributed by atoms with E-state index in [0.29, 0.717) is 0 Å². The number of nitrogen functional groups attached to an aromatic ring is 1. The minimum absolute atomic E-state index is 0.00852. The van der Waals surface area contributed by atoms with Gasteiger partial charge in [0.25, 0.3) is 10.9 Å². The molecule has 1 aromatic carbocycles. The van der Waals surface area contributed by atoms with Gasteiger partial charge in [-0.15, -0.1) is 0 Å². The molecule has 0 saturated heterocycles. The van der Waals surface area contributed by atoms with Gasteiger partial charge in [-0.25, -0.2) is 0 Å². The Kier molecular flexibility index (Phi) is 2.48. The molecule has 0 spiro atoms. The van der Waals surface area contributed by atoms with Gasteiger partial charge >= 0.3 is 0 Å². The molecule has 0 atom stereocenters. The lowest BCUT2D eigenvalue weighted by molar-refractivity contribution is -0.385. The average Bonchev–Trinajstić information content (AvgIpc) is 2.02. The van der Waals surface area contributed by atoms with Gasteiger partial charge in [-0.2, -0.15) is 0 Å². The summed E-state index contributed by atoms with van der Waals surface area (Å²) in [7, 11) is 0. The Morgan fingerprint density at radius 1 is 1.54 bits per heavy atom. The fourth-order valence-electron chi connectivity index (χ4n) is 0.924. The van der Waals surface area contributed by atoms with Crippen molar-refractivity contribution in [3.8, 4) is 0 Å². The molecule has 0 aliphatic carbocycles. The lowest BCUT2D eigenvalue weighted by Crippen LogP contribution is -2.02. The van der Waals surface area contributed by atoms with Gasteiger partial charge in [0, 0.05) is 6.07 Å². The summed E-state index contributed by atoms with van der Waals surface area (Å²) in [6, 6.07) is 3.94. The number of hydrogen-bond acceptors (Lipinski definition) is 4. The van der Waals surface area contributed by atoms with E-state index in [1.54, 1.807) is 0 Å². The van der Waals surface area contributed by atoms with Crippen LogP contribution in [0.25, 0.3) is 0 Å². The van der Waals surface area contributed by atoms with Crippen molar-refractivity contribution >= 4 is 28.2 Å². The predicted octanol–water partition coefficient (Wildman–Crippen LogP) is 1.56. The molecule has 13 heavy (non-hydrogen) atoms. The third-order valence-electron chi connectivity index (χ3n) is 1.47. The van der Waals surface area contributed by atoms with Crippen LogP contribution in [0.15, 0.2) is 18.2 Å². The molecule has 1 rings (SSSR count). The van der Waals surface area contributed by atoms with Crippen LogP contribution >= 0.6 is 11.6 Å². The van der Waals surface area contributed by atoms with Gasteiger partial charge in [-0.3, -0.25) is 14.9 Å². The molecule has 0 aromatic heterocycles. The lowest BCUT2D eigenvalue weighted by Gasteiger charge is -2.00. The van der Waals surface area contributed by atoms with Crippen molar-refractivity contribution in [2.45, 2.75) is 0 Å². The van der Waals surface area contributed by atoms with E-state index in [2.05, 4.69) is 0 Å². The molecule has 0 bridgehead atoms. The fourth-order valence-corrected chi connectivity index (χ4v) is 1.13. The molecule has 0 aliphatic rings. The zero-order valence-electron chi connectivity index (χ0n) is 6.36. The maximum atomic E-state index is 10.8. The monoisotopic (exact) mass is 200 g/mol. The van der Waals surface area contributed by atoms with Crippen molar-refractivity contribution in [2.75, 3.05) is 5.73 Å². The number of nitrogens with zero attached hydrogens (tertiary/aromatic N) is 1. The van der Waals surface area contributed by atoms with E-state index >= 15 is 0 Å². The SMILES string of the molecule is Nc1cccc([N+](=O)[O-])c1C(=O)Cl. The molecule has 6 heteroatoms. The molecule has 0 unspecified atom stereocenters. The van der Waals surface area contributed by atoms with E-state index in [1.807, 2.05) is 0 Å². The predicted molar refractivity (Wildman–Crippen MR) is 47.7 cm³/mol. The highest BCUT2D eigenvalue weighted by molar-refractivity contribution is 6.68. The molecule has 2 N–H and O–H groups in total. The topological polar surface area (TPSA) is 86.2 Å². The summed E-state index contributed by atoms with van der Waals surface area (Å²) in [6.45, 7) is 0. The van der Waals surface area contributed by atoms with Crippen molar-refractivity contribution in [3.05, 3.63) is 33.9 Å². The van der Waals surface area contributed by atoms with Crippen molar-refractivity contribution in [3.63, 3.8) is 0 Å². The highest BCUT2D eigenvalue weighted by Gasteiger charge is 2.20. The minimum Gasteiger partial charge on any atom is -0.398 e. The summed E-state index contributed by atoms with van der Waals surface area (Å²) in [4.78, 5) is 20.5. The van der Waals surface area contributed by atoms with Crippen LogP contribution in [0.1, 0.15) is 10.4 Å². The molecule has 0 amide bonds. The zero-order valence-corrected chi connectivity index (χ0v) is 7.12. The molecule has 0 aliphatic heterocycles. The number of nitro groups is 1. The fraction of sp³-hybridized carbons (Fsp3) is 0. The van der Waals surface area contributed by atoms with Crippen LogP contribution in [0, 0.1) is 10.1 Å². The summed E-state index contributed by atoms with van der Waals surface area (Å²) in [5.41, 5.74) is 4.73. The number of anilines is 1. The van der Waals surface area contributed by atoms with E-state index in [0.717, 1.165) is 0 Å². The molecule has 5 nitrogen and oxygen atoms in total. The van der Waals surface area contributed by atoms with Gasteiger partial charge in [0.05, 0.1) is 10.6 Å². The first-order valence-electron chi connectivity index (χ1n) is 3.26. The Balaban J connectivity index is 3.43. The van der Waals surface area contributed by atoms with Gasteiger partial charge in [0.1, 0.15) is 5.56 Å². The third-order valence-corrected chi connectivity index (χ3v) is 1.66. The second-order valence-electron chi connectivity index (χ2n) is 2.27. The highest BCUT2D eigenvalue weighted by atomic mass is 35.5. The molecule has 0 radical (unpaired) electrons. The van der Waals surface area contributed by atoms with Crippen molar-refractivity contribution in [1.29, 1.82) is 0 Å². The minimum atomic E-state index is -0.926. The standard InChI is InChI=1S/C7H5ClN2O3/c8-7(11)6-4(9)2-1-3-5(6)10(12)13/h1-3H,9H2. The maximum absolute atomic E-state index is 10.8. The second-order valence-corrected chi connectivity index (χ2v) is 2.62. The summed E-state index contributed by atoms with van der Waals surface area (Å²) >= 11 is 5.13. The van der Waals surface area contributed by atoms with Crippen molar-refractivity contribution < 1.29 is 9.72 Å². The third kappa shape index (κ3) is 1.75. The number of carbonyl (C=O) groups is 1. The Bertz CT molecular complexity index is 378. The van der Waals surface area contributed by atoms with E-state index in [1.165, 1.54) is 18.2 Å². The first-order chi connectivity index (χ1) is 6.04. The number of rotatable bonds is 2. The molecular formula is C7H5ClN2O3. The zero-order chi connectivity index (χ0) is 10.0. The second kappa shape index (κ2) is 3.40. The van der Waals surface area contributed by atoms with Gasteiger partial charge in [-0.05, 0) is 17.7 Å². The molecule has 0 heterocycles. The number of benzene rings is 1. The number of halogens is 1. The quantitative estimate of drug-likeness (QED) is 0.340. The Morgan fingerprint density at radius 2 is 2.15 bits per heavy atom. The summed E-state index contributed by atoms with van der Waals surface area (Å²) in [5, 5.41) is 9.49. The summed E-state index contributed by atoms with van der Waals surface area (Å²) in [6.07, 6.45) is 0. The van der Waals surface area contributed by atoms with Crippen LogP contribution in [-0.4, -0.2) is 10.2 Å². The van der Waals surface area contributed by atoms with Gasteiger partial charge in [0.2, 0.25) is 0 Å². The maximum Gasteiger partial charge on any atom is 0.283 e. The molecule has 0 fully saturated rings. The molecule has 68 valence electrons. The normalized spacial score (nSPS) is 9.62. The van der Waals surface area contributed by atoms with Crippen molar-refractivity contribution in [2.24, 2.45) is 0 Å².